The number of thioether (sulfide) groups is 1. The van der Waals surface area contributed by atoms with E-state index >= 15 is 0 Å². The lowest BCUT2D eigenvalue weighted by Crippen LogP contribution is -2.33. The normalized spacial score (nSPS) is 11.5. The third-order valence-corrected chi connectivity index (χ3v) is 3.78. The Morgan fingerprint density at radius 2 is 2.05 bits per heavy atom. The first kappa shape index (κ1) is 16.3. The van der Waals surface area contributed by atoms with Gasteiger partial charge in [-0.3, -0.25) is 9.59 Å². The molecule has 0 aliphatic carbocycles. The molecule has 0 spiro atoms. The van der Waals surface area contributed by atoms with Crippen molar-refractivity contribution < 1.29 is 14.3 Å². The van der Waals surface area contributed by atoms with Gasteiger partial charge in [-0.1, -0.05) is 24.3 Å². The highest BCUT2D eigenvalue weighted by Gasteiger charge is 2.19. The van der Waals surface area contributed by atoms with Gasteiger partial charge in [0, 0.05) is 12.2 Å². The van der Waals surface area contributed by atoms with Crippen LogP contribution in [-0.4, -0.2) is 36.5 Å². The van der Waals surface area contributed by atoms with E-state index in [1.165, 1.54) is 18.9 Å². The summed E-state index contributed by atoms with van der Waals surface area (Å²) in [6.07, 6.45) is 1.68. The molecule has 0 radical (unpaired) electrons. The van der Waals surface area contributed by atoms with Crippen molar-refractivity contribution in [2.45, 2.75) is 12.2 Å². The van der Waals surface area contributed by atoms with E-state index in [4.69, 9.17) is 0 Å². The summed E-state index contributed by atoms with van der Waals surface area (Å²) in [5, 5.41) is -0.356. The second kappa shape index (κ2) is 8.43. The monoisotopic (exact) mass is 293 g/mol. The Kier molecular flexibility index (Phi) is 6.87. The van der Waals surface area contributed by atoms with Crippen LogP contribution in [0.5, 0.6) is 0 Å². The Hall–Kier alpha value is -1.75. The van der Waals surface area contributed by atoms with Gasteiger partial charge < -0.3 is 9.64 Å². The Labute approximate surface area is 123 Å². The van der Waals surface area contributed by atoms with Crippen LogP contribution in [0.1, 0.15) is 6.92 Å². The number of methoxy groups -OCH3 is 1. The predicted octanol–water partition coefficient (Wildman–Crippen LogP) is 2.50. The van der Waals surface area contributed by atoms with Crippen molar-refractivity contribution in [3.8, 4) is 0 Å². The minimum Gasteiger partial charge on any atom is -0.468 e. The van der Waals surface area contributed by atoms with Crippen LogP contribution in [0.2, 0.25) is 0 Å². The standard InChI is InChI=1S/C15H19NO3S/c1-4-10-16(13-8-6-5-7-9-13)14(17)11-20-12(2)15(18)19-3/h4-9,12H,1,10-11H2,2-3H3. The van der Waals surface area contributed by atoms with Crippen LogP contribution in [0.25, 0.3) is 0 Å². The molecule has 0 N–H and O–H groups in total. The Balaban J connectivity index is 2.66. The van der Waals surface area contributed by atoms with Gasteiger partial charge in [0.05, 0.1) is 12.9 Å². The van der Waals surface area contributed by atoms with Crippen LogP contribution < -0.4 is 4.90 Å². The van der Waals surface area contributed by atoms with Crippen LogP contribution in [0.3, 0.4) is 0 Å². The Morgan fingerprint density at radius 1 is 1.40 bits per heavy atom. The average Bonchev–Trinajstić information content (AvgIpc) is 2.49. The summed E-state index contributed by atoms with van der Waals surface area (Å²) in [5.74, 6) is -0.159. The number of esters is 1. The van der Waals surface area contributed by atoms with Gasteiger partial charge in [-0.2, -0.15) is 0 Å². The van der Waals surface area contributed by atoms with E-state index < -0.39 is 0 Å². The minimum absolute atomic E-state index is 0.0585. The SMILES string of the molecule is C=CCN(C(=O)CSC(C)C(=O)OC)c1ccccc1. The first-order valence-electron chi connectivity index (χ1n) is 6.26. The summed E-state index contributed by atoms with van der Waals surface area (Å²) < 4.78 is 4.64. The van der Waals surface area contributed by atoms with Crippen LogP contribution in [-0.2, 0) is 14.3 Å². The fourth-order valence-corrected chi connectivity index (χ4v) is 2.38. The Morgan fingerprint density at radius 3 is 2.60 bits per heavy atom. The molecule has 0 bridgehead atoms. The molecule has 0 aliphatic heterocycles. The number of nitrogens with zero attached hydrogens (tertiary/aromatic N) is 1. The van der Waals surface area contributed by atoms with E-state index in [2.05, 4.69) is 11.3 Å². The molecule has 0 saturated heterocycles. The number of hydrogen-bond donors (Lipinski definition) is 0. The lowest BCUT2D eigenvalue weighted by Gasteiger charge is -2.21. The van der Waals surface area contributed by atoms with Crippen molar-refractivity contribution in [2.75, 3.05) is 24.3 Å². The van der Waals surface area contributed by atoms with Crippen LogP contribution in [0, 0.1) is 0 Å². The maximum absolute atomic E-state index is 12.3. The van der Waals surface area contributed by atoms with E-state index in [-0.39, 0.29) is 22.9 Å². The summed E-state index contributed by atoms with van der Waals surface area (Å²) >= 11 is 1.27. The first-order chi connectivity index (χ1) is 9.60. The number of hydrogen-bond acceptors (Lipinski definition) is 4. The minimum atomic E-state index is -0.356. The summed E-state index contributed by atoms with van der Waals surface area (Å²) in [7, 11) is 1.34. The molecular formula is C15H19NO3S. The van der Waals surface area contributed by atoms with Gasteiger partial charge in [-0.05, 0) is 19.1 Å². The van der Waals surface area contributed by atoms with Gasteiger partial charge in [0.2, 0.25) is 5.91 Å². The summed E-state index contributed by atoms with van der Waals surface area (Å²) in [6.45, 7) is 5.84. The molecule has 1 aromatic rings. The summed E-state index contributed by atoms with van der Waals surface area (Å²) in [4.78, 5) is 25.2. The highest BCUT2D eigenvalue weighted by atomic mass is 32.2. The zero-order valence-electron chi connectivity index (χ0n) is 11.7. The van der Waals surface area contributed by atoms with Gasteiger partial charge in [-0.15, -0.1) is 18.3 Å². The molecule has 0 fully saturated rings. The molecule has 5 heteroatoms. The fourth-order valence-electron chi connectivity index (χ4n) is 1.60. The predicted molar refractivity (Wildman–Crippen MR) is 82.9 cm³/mol. The summed E-state index contributed by atoms with van der Waals surface area (Å²) in [5.41, 5.74) is 0.823. The average molecular weight is 293 g/mol. The van der Waals surface area contributed by atoms with Crippen LogP contribution in [0.4, 0.5) is 5.69 Å². The second-order valence-electron chi connectivity index (χ2n) is 4.10. The number of anilines is 1. The largest absolute Gasteiger partial charge is 0.468 e. The van der Waals surface area contributed by atoms with Crippen molar-refractivity contribution >= 4 is 29.3 Å². The van der Waals surface area contributed by atoms with E-state index in [1.807, 2.05) is 30.3 Å². The van der Waals surface area contributed by atoms with Crippen molar-refractivity contribution in [3.05, 3.63) is 43.0 Å². The smallest absolute Gasteiger partial charge is 0.318 e. The second-order valence-corrected chi connectivity index (χ2v) is 5.43. The number of benzene rings is 1. The van der Waals surface area contributed by atoms with Crippen molar-refractivity contribution in [2.24, 2.45) is 0 Å². The maximum atomic E-state index is 12.3. The third kappa shape index (κ3) is 4.74. The number of carbonyl (C=O) groups excluding carboxylic acids is 2. The number of carbonyl (C=O) groups is 2. The molecule has 1 rings (SSSR count). The van der Waals surface area contributed by atoms with Crippen molar-refractivity contribution in [1.29, 1.82) is 0 Å². The topological polar surface area (TPSA) is 46.6 Å². The molecule has 108 valence electrons. The quantitative estimate of drug-likeness (QED) is 0.572. The summed E-state index contributed by atoms with van der Waals surface area (Å²) in [6, 6.07) is 9.39. The van der Waals surface area contributed by atoms with E-state index in [1.54, 1.807) is 17.9 Å². The molecule has 0 aliphatic rings. The lowest BCUT2D eigenvalue weighted by molar-refractivity contribution is -0.139. The molecule has 0 saturated carbocycles. The highest BCUT2D eigenvalue weighted by molar-refractivity contribution is 8.01. The molecule has 4 nitrogen and oxygen atoms in total. The van der Waals surface area contributed by atoms with Gasteiger partial charge in [0.25, 0.3) is 0 Å². The van der Waals surface area contributed by atoms with Crippen LogP contribution in [0.15, 0.2) is 43.0 Å². The third-order valence-electron chi connectivity index (χ3n) is 2.67. The van der Waals surface area contributed by atoms with E-state index in [0.29, 0.717) is 6.54 Å². The van der Waals surface area contributed by atoms with Gasteiger partial charge in [-0.25, -0.2) is 0 Å². The fraction of sp³-hybridized carbons (Fsp3) is 0.333. The molecule has 0 aromatic heterocycles. The zero-order valence-corrected chi connectivity index (χ0v) is 12.6. The number of ether oxygens (including phenoxy) is 1. The van der Waals surface area contributed by atoms with Crippen LogP contribution >= 0.6 is 11.8 Å². The molecule has 1 amide bonds. The molecule has 1 aromatic carbocycles. The zero-order chi connectivity index (χ0) is 15.0. The Bertz CT molecular complexity index is 461. The maximum Gasteiger partial charge on any atom is 0.318 e. The highest BCUT2D eigenvalue weighted by Crippen LogP contribution is 2.17. The van der Waals surface area contributed by atoms with Gasteiger partial charge in [0.15, 0.2) is 0 Å². The first-order valence-corrected chi connectivity index (χ1v) is 7.30. The van der Waals surface area contributed by atoms with Gasteiger partial charge in [0.1, 0.15) is 5.25 Å². The molecular weight excluding hydrogens is 274 g/mol. The molecule has 1 unspecified atom stereocenters. The van der Waals surface area contributed by atoms with Crippen molar-refractivity contribution in [1.82, 2.24) is 0 Å². The van der Waals surface area contributed by atoms with E-state index in [0.717, 1.165) is 5.69 Å². The number of para-hydroxylation sites is 1. The number of amides is 1. The molecule has 0 heterocycles. The van der Waals surface area contributed by atoms with Crippen molar-refractivity contribution in [3.63, 3.8) is 0 Å². The van der Waals surface area contributed by atoms with E-state index in [9.17, 15) is 9.59 Å². The number of rotatable bonds is 7. The van der Waals surface area contributed by atoms with Gasteiger partial charge >= 0.3 is 5.97 Å². The lowest BCUT2D eigenvalue weighted by atomic mass is 10.3. The molecule has 20 heavy (non-hydrogen) atoms. The molecule has 1 atom stereocenters.